The van der Waals surface area contributed by atoms with Crippen LogP contribution < -0.4 is 34.3 Å². The number of hydrogen-bond acceptors (Lipinski definition) is 1. The van der Waals surface area contributed by atoms with Gasteiger partial charge in [-0.05, 0) is 18.6 Å². The third-order valence-corrected chi connectivity index (χ3v) is 3.51. The van der Waals surface area contributed by atoms with Gasteiger partial charge in [0.25, 0.3) is 0 Å². The maximum Gasteiger partial charge on any atom is 1.00 e. The van der Waals surface area contributed by atoms with Crippen molar-refractivity contribution in [1.29, 1.82) is 0 Å². The molecular formula is C18H30NaO+. The molecule has 0 unspecified atom stereocenters. The summed E-state index contributed by atoms with van der Waals surface area (Å²) in [6, 6.07) is 10.1. The molecule has 20 heavy (non-hydrogen) atoms. The minimum absolute atomic E-state index is 0. The Balaban J connectivity index is 0.00000361. The Morgan fingerprint density at radius 3 is 1.75 bits per heavy atom. The van der Waals surface area contributed by atoms with Crippen LogP contribution in [-0.2, 0) is 0 Å². The zero-order valence-electron chi connectivity index (χ0n) is 13.6. The zero-order valence-corrected chi connectivity index (χ0v) is 15.6. The van der Waals surface area contributed by atoms with Gasteiger partial charge in [-0.2, -0.15) is 0 Å². The minimum Gasteiger partial charge on any atom is -0.494 e. The summed E-state index contributed by atoms with van der Waals surface area (Å²) in [5.74, 6) is 0.999. The molecule has 0 saturated carbocycles. The van der Waals surface area contributed by atoms with Gasteiger partial charge in [0.1, 0.15) is 5.75 Å². The van der Waals surface area contributed by atoms with E-state index in [-0.39, 0.29) is 29.6 Å². The average molecular weight is 285 g/mol. The van der Waals surface area contributed by atoms with Gasteiger partial charge in [-0.15, -0.1) is 0 Å². The molecule has 2 heteroatoms. The molecule has 1 aromatic rings. The van der Waals surface area contributed by atoms with Gasteiger partial charge in [-0.25, -0.2) is 0 Å². The fourth-order valence-electron chi connectivity index (χ4n) is 2.30. The summed E-state index contributed by atoms with van der Waals surface area (Å²) < 4.78 is 5.68. The first kappa shape index (κ1) is 20.0. The van der Waals surface area contributed by atoms with Gasteiger partial charge in [0.15, 0.2) is 0 Å². The van der Waals surface area contributed by atoms with Crippen LogP contribution in [0.15, 0.2) is 30.3 Å². The molecule has 0 atom stereocenters. The summed E-state index contributed by atoms with van der Waals surface area (Å²) in [4.78, 5) is 0. The van der Waals surface area contributed by atoms with Crippen molar-refractivity contribution in [2.45, 2.75) is 71.1 Å². The Hall–Kier alpha value is 0.0200. The second kappa shape index (κ2) is 15.4. The summed E-state index contributed by atoms with van der Waals surface area (Å²) in [5.41, 5.74) is 0. The first-order chi connectivity index (χ1) is 9.43. The van der Waals surface area contributed by atoms with Gasteiger partial charge in [0, 0.05) is 0 Å². The van der Waals surface area contributed by atoms with Crippen molar-refractivity contribution in [3.63, 3.8) is 0 Å². The van der Waals surface area contributed by atoms with E-state index in [1.165, 1.54) is 64.2 Å². The first-order valence-corrected chi connectivity index (χ1v) is 8.11. The molecule has 0 fully saturated rings. The Labute approximate surface area is 147 Å². The Morgan fingerprint density at radius 1 is 0.700 bits per heavy atom. The van der Waals surface area contributed by atoms with E-state index in [9.17, 15) is 0 Å². The summed E-state index contributed by atoms with van der Waals surface area (Å²) in [7, 11) is 0. The van der Waals surface area contributed by atoms with Crippen LogP contribution in [0.4, 0.5) is 0 Å². The van der Waals surface area contributed by atoms with Crippen molar-refractivity contribution in [2.75, 3.05) is 6.61 Å². The largest absolute Gasteiger partial charge is 1.00 e. The molecule has 0 aliphatic heterocycles. The summed E-state index contributed by atoms with van der Waals surface area (Å²) in [6.45, 7) is 3.14. The molecule has 0 amide bonds. The molecule has 0 aromatic heterocycles. The van der Waals surface area contributed by atoms with E-state index < -0.39 is 0 Å². The molecular weight excluding hydrogens is 255 g/mol. The second-order valence-corrected chi connectivity index (χ2v) is 5.34. The average Bonchev–Trinajstić information content (AvgIpc) is 2.46. The predicted octanol–water partition coefficient (Wildman–Crippen LogP) is 2.99. The van der Waals surface area contributed by atoms with Gasteiger partial charge < -0.3 is 4.74 Å². The normalized spacial score (nSPS) is 10.1. The molecule has 0 bridgehead atoms. The van der Waals surface area contributed by atoms with Crippen LogP contribution in [-0.4, -0.2) is 6.61 Å². The number of benzene rings is 1. The topological polar surface area (TPSA) is 9.23 Å². The van der Waals surface area contributed by atoms with E-state index in [1.807, 2.05) is 30.3 Å². The molecule has 108 valence electrons. The molecule has 0 heterocycles. The van der Waals surface area contributed by atoms with Gasteiger partial charge >= 0.3 is 29.6 Å². The van der Waals surface area contributed by atoms with Crippen LogP contribution in [0.2, 0.25) is 0 Å². The maximum absolute atomic E-state index is 5.68. The van der Waals surface area contributed by atoms with Crippen molar-refractivity contribution >= 4 is 0 Å². The molecule has 0 aliphatic carbocycles. The summed E-state index contributed by atoms with van der Waals surface area (Å²) in [6.07, 6.45) is 13.7. The molecule has 0 aliphatic rings. The Morgan fingerprint density at radius 2 is 1.20 bits per heavy atom. The van der Waals surface area contributed by atoms with Crippen molar-refractivity contribution in [2.24, 2.45) is 0 Å². The molecule has 0 N–H and O–H groups in total. The molecule has 1 aromatic carbocycles. The van der Waals surface area contributed by atoms with Crippen molar-refractivity contribution in [3.8, 4) is 5.75 Å². The quantitative estimate of drug-likeness (QED) is 0.424. The van der Waals surface area contributed by atoms with Crippen molar-refractivity contribution < 1.29 is 34.3 Å². The van der Waals surface area contributed by atoms with E-state index in [2.05, 4.69) is 6.92 Å². The van der Waals surface area contributed by atoms with Gasteiger partial charge in [0.2, 0.25) is 0 Å². The van der Waals surface area contributed by atoms with Crippen LogP contribution in [0, 0.1) is 0 Å². The number of para-hydroxylation sites is 1. The van der Waals surface area contributed by atoms with Gasteiger partial charge in [-0.3, -0.25) is 0 Å². The fourth-order valence-corrected chi connectivity index (χ4v) is 2.30. The van der Waals surface area contributed by atoms with Crippen LogP contribution in [0.1, 0.15) is 71.1 Å². The summed E-state index contributed by atoms with van der Waals surface area (Å²) >= 11 is 0. The smallest absolute Gasteiger partial charge is 0.494 e. The van der Waals surface area contributed by atoms with E-state index in [0.29, 0.717) is 0 Å². The van der Waals surface area contributed by atoms with Crippen LogP contribution in [0.25, 0.3) is 0 Å². The molecule has 0 saturated heterocycles. The number of hydrogen-bond donors (Lipinski definition) is 0. The number of unbranched alkanes of at least 4 members (excludes halogenated alkanes) is 9. The molecule has 0 radical (unpaired) electrons. The third kappa shape index (κ3) is 11.8. The number of rotatable bonds is 12. The van der Waals surface area contributed by atoms with Gasteiger partial charge in [0.05, 0.1) is 6.61 Å². The fraction of sp³-hybridized carbons (Fsp3) is 0.667. The number of ether oxygens (including phenoxy) is 1. The third-order valence-electron chi connectivity index (χ3n) is 3.51. The monoisotopic (exact) mass is 285 g/mol. The maximum atomic E-state index is 5.68. The Kier molecular flexibility index (Phi) is 15.4. The van der Waals surface area contributed by atoms with E-state index in [0.717, 1.165) is 12.4 Å². The molecule has 0 spiro atoms. The van der Waals surface area contributed by atoms with E-state index >= 15 is 0 Å². The van der Waals surface area contributed by atoms with Gasteiger partial charge in [-0.1, -0.05) is 82.9 Å². The molecule has 1 rings (SSSR count). The van der Waals surface area contributed by atoms with Crippen molar-refractivity contribution in [1.82, 2.24) is 0 Å². The summed E-state index contributed by atoms with van der Waals surface area (Å²) in [5, 5.41) is 0. The predicted molar refractivity (Wildman–Crippen MR) is 83.8 cm³/mol. The van der Waals surface area contributed by atoms with E-state index in [1.54, 1.807) is 0 Å². The first-order valence-electron chi connectivity index (χ1n) is 8.11. The van der Waals surface area contributed by atoms with Crippen LogP contribution >= 0.6 is 0 Å². The second-order valence-electron chi connectivity index (χ2n) is 5.34. The van der Waals surface area contributed by atoms with Crippen molar-refractivity contribution in [3.05, 3.63) is 30.3 Å². The standard InChI is InChI=1S/C18H30O.Na/c1-2-3-4-5-6-7-8-9-10-14-17-19-18-15-12-11-13-16-18;/h11-13,15-16H,2-10,14,17H2,1H3;/q;+1. The van der Waals surface area contributed by atoms with Crippen LogP contribution in [0.5, 0.6) is 5.75 Å². The molecule has 1 nitrogen and oxygen atoms in total. The minimum atomic E-state index is 0. The van der Waals surface area contributed by atoms with E-state index in [4.69, 9.17) is 4.74 Å². The SMILES string of the molecule is CCCCCCCCCCCCOc1ccccc1.[Na+]. The zero-order chi connectivity index (χ0) is 13.6. The Bertz CT molecular complexity index is 287. The van der Waals surface area contributed by atoms with Crippen LogP contribution in [0.3, 0.4) is 0 Å².